The summed E-state index contributed by atoms with van der Waals surface area (Å²) in [6.45, 7) is 7.01. The minimum atomic E-state index is -0.305. The lowest BCUT2D eigenvalue weighted by atomic mass is 10.0. The molecule has 2 amide bonds. The highest BCUT2D eigenvalue weighted by Gasteiger charge is 2.26. The highest BCUT2D eigenvalue weighted by molar-refractivity contribution is 7.09. The first-order chi connectivity index (χ1) is 17.9. The Bertz CT molecular complexity index is 1100. The molecule has 4 nitrogen and oxygen atoms in total. The van der Waals surface area contributed by atoms with Crippen molar-refractivity contribution < 1.29 is 14.0 Å². The Hall–Kier alpha value is -2.99. The maximum atomic E-state index is 13.6. The molecule has 0 N–H and O–H groups in total. The lowest BCUT2D eigenvalue weighted by Crippen LogP contribution is -2.46. The molecule has 0 fully saturated rings. The van der Waals surface area contributed by atoms with Gasteiger partial charge in [-0.05, 0) is 73.0 Å². The van der Waals surface area contributed by atoms with Crippen molar-refractivity contribution in [2.75, 3.05) is 6.54 Å². The second kappa shape index (κ2) is 14.7. The second-order valence-electron chi connectivity index (χ2n) is 9.65. The molecule has 198 valence electrons. The molecule has 0 aliphatic carbocycles. The van der Waals surface area contributed by atoms with E-state index in [4.69, 9.17) is 0 Å². The molecule has 0 unspecified atom stereocenters. The summed E-state index contributed by atoms with van der Waals surface area (Å²) in [5.74, 6) is -0.558. The topological polar surface area (TPSA) is 40.6 Å². The van der Waals surface area contributed by atoms with Crippen LogP contribution >= 0.6 is 11.3 Å². The Labute approximate surface area is 225 Å². The van der Waals surface area contributed by atoms with E-state index in [1.165, 1.54) is 37.0 Å². The summed E-state index contributed by atoms with van der Waals surface area (Å²) in [7, 11) is 0. The Balaban J connectivity index is 1.74. The summed E-state index contributed by atoms with van der Waals surface area (Å²) in [6.07, 6.45) is 6.61. The van der Waals surface area contributed by atoms with Crippen molar-refractivity contribution in [3.63, 3.8) is 0 Å². The summed E-state index contributed by atoms with van der Waals surface area (Å²) in [6, 6.07) is 17.9. The zero-order chi connectivity index (χ0) is 26.6. The van der Waals surface area contributed by atoms with Gasteiger partial charge in [-0.15, -0.1) is 11.3 Å². The summed E-state index contributed by atoms with van der Waals surface area (Å²) in [4.78, 5) is 31.6. The number of unbranched alkanes of at least 4 members (excludes halogenated alkanes) is 3. The third-order valence-corrected chi connectivity index (χ3v) is 7.64. The highest BCUT2D eigenvalue weighted by atomic mass is 32.1. The van der Waals surface area contributed by atoms with Crippen LogP contribution in [-0.2, 0) is 24.3 Å². The second-order valence-corrected chi connectivity index (χ2v) is 10.7. The molecular formula is C31H39FN2O2S. The number of halogens is 1. The monoisotopic (exact) mass is 522 g/mol. The fourth-order valence-corrected chi connectivity index (χ4v) is 4.98. The van der Waals surface area contributed by atoms with Crippen molar-refractivity contribution >= 4 is 23.2 Å². The van der Waals surface area contributed by atoms with E-state index in [1.807, 2.05) is 55.6 Å². The van der Waals surface area contributed by atoms with Crippen LogP contribution in [0, 0.1) is 5.82 Å². The molecule has 0 saturated heterocycles. The van der Waals surface area contributed by atoms with Gasteiger partial charge < -0.3 is 9.80 Å². The van der Waals surface area contributed by atoms with Gasteiger partial charge in [-0.25, -0.2) is 4.39 Å². The molecule has 3 aromatic rings. The summed E-state index contributed by atoms with van der Waals surface area (Å²) in [5.41, 5.74) is 2.69. The van der Waals surface area contributed by atoms with E-state index in [0.29, 0.717) is 18.7 Å². The molecule has 0 aliphatic heterocycles. The third-order valence-electron chi connectivity index (χ3n) is 6.78. The van der Waals surface area contributed by atoms with Crippen LogP contribution in [0.25, 0.3) is 0 Å². The molecule has 0 radical (unpaired) electrons. The Morgan fingerprint density at radius 1 is 0.892 bits per heavy atom. The van der Waals surface area contributed by atoms with E-state index in [2.05, 4.69) is 6.92 Å². The number of thiophene rings is 1. The van der Waals surface area contributed by atoms with Crippen molar-refractivity contribution in [3.8, 4) is 0 Å². The third kappa shape index (κ3) is 8.81. The van der Waals surface area contributed by atoms with E-state index >= 15 is 0 Å². The van der Waals surface area contributed by atoms with E-state index in [1.54, 1.807) is 33.3 Å². The van der Waals surface area contributed by atoms with Gasteiger partial charge in [-0.3, -0.25) is 9.59 Å². The first-order valence-corrected chi connectivity index (χ1v) is 14.2. The van der Waals surface area contributed by atoms with Gasteiger partial charge in [0.05, 0.1) is 6.54 Å². The van der Waals surface area contributed by atoms with Crippen molar-refractivity contribution in [2.24, 2.45) is 0 Å². The molecule has 1 atom stereocenters. The molecular weight excluding hydrogens is 483 g/mol. The van der Waals surface area contributed by atoms with E-state index < -0.39 is 0 Å². The Morgan fingerprint density at radius 3 is 2.22 bits per heavy atom. The molecule has 37 heavy (non-hydrogen) atoms. The standard InChI is InChI=1S/C31H39FN2O2S/c1-4-6-7-8-10-25-12-16-27(17-13-25)31(36)34(24(3)5-2)23-30(35)33(22-29-11-9-20-37-29)21-26-14-18-28(32)19-15-26/h9,11-20,24H,4-8,10,21-23H2,1-3H3/t24-/m1/s1. The van der Waals surface area contributed by atoms with Crippen molar-refractivity contribution in [1.29, 1.82) is 0 Å². The van der Waals surface area contributed by atoms with Crippen molar-refractivity contribution in [2.45, 2.75) is 78.4 Å². The van der Waals surface area contributed by atoms with E-state index in [0.717, 1.165) is 29.7 Å². The number of hydrogen-bond donors (Lipinski definition) is 0. The molecule has 0 spiro atoms. The molecule has 1 aromatic heterocycles. The maximum Gasteiger partial charge on any atom is 0.254 e. The molecule has 0 bridgehead atoms. The zero-order valence-corrected chi connectivity index (χ0v) is 23.1. The molecule has 6 heteroatoms. The molecule has 0 saturated carbocycles. The lowest BCUT2D eigenvalue weighted by Gasteiger charge is -2.31. The normalized spacial score (nSPS) is 11.8. The first-order valence-electron chi connectivity index (χ1n) is 13.4. The molecule has 1 heterocycles. The fraction of sp³-hybridized carbons (Fsp3) is 0.419. The summed E-state index contributed by atoms with van der Waals surface area (Å²) >= 11 is 1.59. The maximum absolute atomic E-state index is 13.6. The van der Waals surface area contributed by atoms with Crippen LogP contribution in [0.2, 0.25) is 0 Å². The number of amides is 2. The minimum absolute atomic E-state index is 0.000814. The first kappa shape index (κ1) is 28.6. The minimum Gasteiger partial charge on any atom is -0.332 e. The van der Waals surface area contributed by atoms with Crippen LogP contribution in [0.3, 0.4) is 0 Å². The van der Waals surface area contributed by atoms with E-state index in [-0.39, 0.29) is 30.2 Å². The van der Waals surface area contributed by atoms with Gasteiger partial charge in [0.2, 0.25) is 5.91 Å². The Morgan fingerprint density at radius 2 is 1.59 bits per heavy atom. The molecule has 2 aromatic carbocycles. The quantitative estimate of drug-likeness (QED) is 0.206. The van der Waals surface area contributed by atoms with Gasteiger partial charge in [-0.1, -0.05) is 63.4 Å². The number of carbonyl (C=O) groups is 2. The van der Waals surface area contributed by atoms with Gasteiger partial charge in [-0.2, -0.15) is 0 Å². The number of carbonyl (C=O) groups excluding carboxylic acids is 2. The van der Waals surface area contributed by atoms with Crippen LogP contribution < -0.4 is 0 Å². The predicted octanol–water partition coefficient (Wildman–Crippen LogP) is 7.48. The van der Waals surface area contributed by atoms with Gasteiger partial charge in [0.25, 0.3) is 5.91 Å². The average Bonchev–Trinajstić information content (AvgIpc) is 3.43. The number of rotatable bonds is 14. The molecule has 3 rings (SSSR count). The van der Waals surface area contributed by atoms with Crippen LogP contribution in [0.5, 0.6) is 0 Å². The average molecular weight is 523 g/mol. The highest BCUT2D eigenvalue weighted by Crippen LogP contribution is 2.18. The Kier molecular flexibility index (Phi) is 11.3. The summed E-state index contributed by atoms with van der Waals surface area (Å²) in [5, 5.41) is 1.98. The van der Waals surface area contributed by atoms with Crippen LogP contribution in [0.15, 0.2) is 66.0 Å². The van der Waals surface area contributed by atoms with Gasteiger partial charge in [0.15, 0.2) is 0 Å². The smallest absolute Gasteiger partial charge is 0.254 e. The molecule has 0 aliphatic rings. The van der Waals surface area contributed by atoms with E-state index in [9.17, 15) is 14.0 Å². The lowest BCUT2D eigenvalue weighted by molar-refractivity contribution is -0.133. The van der Waals surface area contributed by atoms with Gasteiger partial charge in [0.1, 0.15) is 12.4 Å². The van der Waals surface area contributed by atoms with Gasteiger partial charge >= 0.3 is 0 Å². The van der Waals surface area contributed by atoms with Crippen LogP contribution in [0.1, 0.15) is 79.2 Å². The van der Waals surface area contributed by atoms with Gasteiger partial charge in [0, 0.05) is 23.0 Å². The number of benzene rings is 2. The fourth-order valence-electron chi connectivity index (χ4n) is 4.26. The van der Waals surface area contributed by atoms with Crippen LogP contribution in [0.4, 0.5) is 4.39 Å². The number of hydrogen-bond acceptors (Lipinski definition) is 3. The summed E-state index contributed by atoms with van der Waals surface area (Å²) < 4.78 is 13.4. The predicted molar refractivity (Wildman–Crippen MR) is 150 cm³/mol. The van der Waals surface area contributed by atoms with Crippen LogP contribution in [-0.4, -0.2) is 34.2 Å². The van der Waals surface area contributed by atoms with Crippen molar-refractivity contribution in [1.82, 2.24) is 9.80 Å². The number of nitrogens with zero attached hydrogens (tertiary/aromatic N) is 2. The SMILES string of the molecule is CCCCCCc1ccc(C(=O)N(CC(=O)N(Cc2ccc(F)cc2)Cc2cccs2)[C@H](C)CC)cc1. The zero-order valence-electron chi connectivity index (χ0n) is 22.3. The van der Waals surface area contributed by atoms with Crippen molar-refractivity contribution in [3.05, 3.63) is 93.4 Å². The largest absolute Gasteiger partial charge is 0.332 e. The number of aryl methyl sites for hydroxylation is 1.